The van der Waals surface area contributed by atoms with E-state index in [9.17, 15) is 13.2 Å². The number of ether oxygens (including phenoxy) is 1. The second-order valence-corrected chi connectivity index (χ2v) is 8.44. The Labute approximate surface area is 147 Å². The summed E-state index contributed by atoms with van der Waals surface area (Å²) in [6.07, 6.45) is 0. The van der Waals surface area contributed by atoms with Gasteiger partial charge in [-0.05, 0) is 25.1 Å². The predicted octanol–water partition coefficient (Wildman–Crippen LogP) is -0.168. The zero-order valence-corrected chi connectivity index (χ0v) is 15.6. The molecule has 0 bridgehead atoms. The molecule has 0 spiro atoms. The van der Waals surface area contributed by atoms with E-state index in [4.69, 9.17) is 16.3 Å². The SMILES string of the molecule is C[C@H](C(=O)Nc1ccc(Cl)c(S(=O)(=O)N(C)C)c1)[NH+]1CCOCC1. The molecule has 1 fully saturated rings. The molecule has 0 unspecified atom stereocenters. The lowest BCUT2D eigenvalue weighted by Crippen LogP contribution is -3.18. The summed E-state index contributed by atoms with van der Waals surface area (Å²) >= 11 is 6.01. The maximum Gasteiger partial charge on any atom is 0.282 e. The monoisotopic (exact) mass is 376 g/mol. The van der Waals surface area contributed by atoms with Crippen LogP contribution in [-0.4, -0.2) is 65.1 Å². The summed E-state index contributed by atoms with van der Waals surface area (Å²) in [5.41, 5.74) is 0.407. The number of morpholine rings is 1. The summed E-state index contributed by atoms with van der Waals surface area (Å²) in [5.74, 6) is -0.164. The number of rotatable bonds is 5. The maximum atomic E-state index is 12.4. The van der Waals surface area contributed by atoms with Crippen molar-refractivity contribution in [1.82, 2.24) is 4.31 Å². The average Bonchev–Trinajstić information content (AvgIpc) is 2.56. The molecule has 0 saturated carbocycles. The van der Waals surface area contributed by atoms with Crippen molar-refractivity contribution in [3.05, 3.63) is 23.2 Å². The normalized spacial score (nSPS) is 17.7. The van der Waals surface area contributed by atoms with Gasteiger partial charge in [-0.3, -0.25) is 4.79 Å². The Balaban J connectivity index is 2.17. The van der Waals surface area contributed by atoms with Gasteiger partial charge in [0, 0.05) is 19.8 Å². The van der Waals surface area contributed by atoms with Gasteiger partial charge in [0.2, 0.25) is 10.0 Å². The molecular weight excluding hydrogens is 354 g/mol. The second-order valence-electron chi connectivity index (χ2n) is 5.91. The number of benzene rings is 1. The van der Waals surface area contributed by atoms with Crippen LogP contribution in [0.15, 0.2) is 23.1 Å². The van der Waals surface area contributed by atoms with Crippen LogP contribution < -0.4 is 10.2 Å². The first-order valence-electron chi connectivity index (χ1n) is 7.68. The fourth-order valence-corrected chi connectivity index (χ4v) is 3.87. The standard InChI is InChI=1S/C15H22ClN3O4S/c1-11(19-6-8-23-9-7-19)15(20)17-12-4-5-13(16)14(10-12)24(21,22)18(2)3/h4-5,10-11H,6-9H2,1-3H3,(H,17,20)/p+1/t11-/m1/s1. The zero-order chi connectivity index (χ0) is 17.9. The molecule has 1 amide bonds. The van der Waals surface area contributed by atoms with Crippen molar-refractivity contribution in [2.45, 2.75) is 17.9 Å². The molecule has 1 saturated heterocycles. The molecule has 134 valence electrons. The fraction of sp³-hybridized carbons (Fsp3) is 0.533. The molecule has 1 aromatic rings. The quantitative estimate of drug-likeness (QED) is 0.748. The van der Waals surface area contributed by atoms with E-state index in [2.05, 4.69) is 5.32 Å². The summed E-state index contributed by atoms with van der Waals surface area (Å²) < 4.78 is 30.9. The van der Waals surface area contributed by atoms with Crippen LogP contribution in [0, 0.1) is 0 Å². The number of nitrogens with zero attached hydrogens (tertiary/aromatic N) is 1. The van der Waals surface area contributed by atoms with E-state index in [0.717, 1.165) is 22.3 Å². The molecule has 1 atom stereocenters. The number of nitrogens with one attached hydrogen (secondary N) is 2. The third kappa shape index (κ3) is 4.25. The number of amides is 1. The Bertz CT molecular complexity index is 703. The van der Waals surface area contributed by atoms with Crippen LogP contribution in [0.1, 0.15) is 6.92 Å². The Hall–Kier alpha value is -1.19. The zero-order valence-electron chi connectivity index (χ0n) is 14.0. The minimum absolute atomic E-state index is 0.0293. The van der Waals surface area contributed by atoms with Crippen LogP contribution in [0.4, 0.5) is 5.69 Å². The number of hydrogen-bond acceptors (Lipinski definition) is 4. The van der Waals surface area contributed by atoms with Gasteiger partial charge in [-0.25, -0.2) is 12.7 Å². The number of carbonyl (C=O) groups excluding carboxylic acids is 1. The minimum Gasteiger partial charge on any atom is -0.370 e. The highest BCUT2D eigenvalue weighted by Crippen LogP contribution is 2.26. The molecule has 1 aromatic carbocycles. The summed E-state index contributed by atoms with van der Waals surface area (Å²) in [7, 11) is -0.816. The van der Waals surface area contributed by atoms with E-state index in [1.165, 1.54) is 26.2 Å². The van der Waals surface area contributed by atoms with Crippen LogP contribution in [0.2, 0.25) is 5.02 Å². The van der Waals surface area contributed by atoms with Crippen LogP contribution in [0.5, 0.6) is 0 Å². The minimum atomic E-state index is -3.68. The lowest BCUT2D eigenvalue weighted by molar-refractivity contribution is -0.921. The first-order valence-corrected chi connectivity index (χ1v) is 9.50. The predicted molar refractivity (Wildman–Crippen MR) is 91.9 cm³/mol. The van der Waals surface area contributed by atoms with Crippen LogP contribution in [-0.2, 0) is 19.6 Å². The second kappa shape index (κ2) is 7.79. The number of anilines is 1. The topological polar surface area (TPSA) is 80.2 Å². The third-order valence-corrected chi connectivity index (χ3v) is 6.39. The fourth-order valence-electron chi connectivity index (χ4n) is 2.48. The first-order chi connectivity index (χ1) is 11.2. The van der Waals surface area contributed by atoms with Gasteiger partial charge in [0.25, 0.3) is 5.91 Å². The smallest absolute Gasteiger partial charge is 0.282 e. The molecule has 1 aliphatic rings. The molecule has 0 radical (unpaired) electrons. The summed E-state index contributed by atoms with van der Waals surface area (Å²) in [6.45, 7) is 4.67. The van der Waals surface area contributed by atoms with Crippen molar-refractivity contribution >= 4 is 33.2 Å². The van der Waals surface area contributed by atoms with Gasteiger partial charge in [0.15, 0.2) is 6.04 Å². The van der Waals surface area contributed by atoms with E-state index in [1.807, 2.05) is 6.92 Å². The maximum absolute atomic E-state index is 12.4. The van der Waals surface area contributed by atoms with E-state index >= 15 is 0 Å². The molecule has 24 heavy (non-hydrogen) atoms. The summed E-state index contributed by atoms with van der Waals surface area (Å²) in [5, 5.41) is 2.89. The van der Waals surface area contributed by atoms with Crippen molar-refractivity contribution in [3.8, 4) is 0 Å². The summed E-state index contributed by atoms with van der Waals surface area (Å²) in [6, 6.07) is 4.20. The van der Waals surface area contributed by atoms with Gasteiger partial charge in [0.05, 0.1) is 18.2 Å². The van der Waals surface area contributed by atoms with Crippen LogP contribution >= 0.6 is 11.6 Å². The van der Waals surface area contributed by atoms with Crippen molar-refractivity contribution in [3.63, 3.8) is 0 Å². The average molecular weight is 377 g/mol. The molecule has 2 N–H and O–H groups in total. The number of carbonyl (C=O) groups is 1. The van der Waals surface area contributed by atoms with Gasteiger partial charge in [-0.15, -0.1) is 0 Å². The highest BCUT2D eigenvalue weighted by molar-refractivity contribution is 7.89. The molecule has 9 heteroatoms. The van der Waals surface area contributed by atoms with Gasteiger partial charge in [0.1, 0.15) is 18.0 Å². The van der Waals surface area contributed by atoms with E-state index < -0.39 is 10.0 Å². The Morgan fingerprint density at radius 3 is 2.54 bits per heavy atom. The molecule has 7 nitrogen and oxygen atoms in total. The highest BCUT2D eigenvalue weighted by atomic mass is 35.5. The number of hydrogen-bond donors (Lipinski definition) is 2. The van der Waals surface area contributed by atoms with Crippen molar-refractivity contribution in [1.29, 1.82) is 0 Å². The molecule has 0 aliphatic carbocycles. The van der Waals surface area contributed by atoms with E-state index in [-0.39, 0.29) is 21.9 Å². The molecule has 0 aromatic heterocycles. The van der Waals surface area contributed by atoms with E-state index in [1.54, 1.807) is 6.07 Å². The summed E-state index contributed by atoms with van der Waals surface area (Å²) in [4.78, 5) is 13.5. The van der Waals surface area contributed by atoms with Crippen molar-refractivity contribution in [2.24, 2.45) is 0 Å². The van der Waals surface area contributed by atoms with Crippen molar-refractivity contribution < 1.29 is 22.8 Å². The largest absolute Gasteiger partial charge is 0.370 e. The number of quaternary nitrogens is 1. The Morgan fingerprint density at radius 1 is 1.33 bits per heavy atom. The van der Waals surface area contributed by atoms with E-state index in [0.29, 0.717) is 18.9 Å². The lowest BCUT2D eigenvalue weighted by atomic mass is 10.2. The van der Waals surface area contributed by atoms with Gasteiger partial charge in [-0.1, -0.05) is 11.6 Å². The molecule has 1 heterocycles. The number of sulfonamides is 1. The lowest BCUT2D eigenvalue weighted by Gasteiger charge is -2.28. The van der Waals surface area contributed by atoms with Gasteiger partial charge >= 0.3 is 0 Å². The molecular formula is C15H23ClN3O4S+. The van der Waals surface area contributed by atoms with Crippen LogP contribution in [0.3, 0.4) is 0 Å². The third-order valence-electron chi connectivity index (χ3n) is 4.10. The van der Waals surface area contributed by atoms with Gasteiger partial charge in [-0.2, -0.15) is 0 Å². The molecule has 2 rings (SSSR count). The first kappa shape index (κ1) is 19.1. The van der Waals surface area contributed by atoms with Crippen molar-refractivity contribution in [2.75, 3.05) is 45.7 Å². The Kier molecular flexibility index (Phi) is 6.22. The van der Waals surface area contributed by atoms with Crippen LogP contribution in [0.25, 0.3) is 0 Å². The van der Waals surface area contributed by atoms with Gasteiger partial charge < -0.3 is 15.0 Å². The highest BCUT2D eigenvalue weighted by Gasteiger charge is 2.27. The number of halogens is 1. The molecule has 1 aliphatic heterocycles. The Morgan fingerprint density at radius 2 is 1.96 bits per heavy atom.